The van der Waals surface area contributed by atoms with Crippen LogP contribution in [-0.4, -0.2) is 53.4 Å². The van der Waals surface area contributed by atoms with Crippen LogP contribution in [0.1, 0.15) is 30.5 Å². The van der Waals surface area contributed by atoms with E-state index < -0.39 is 0 Å². The van der Waals surface area contributed by atoms with Gasteiger partial charge in [-0.3, -0.25) is 9.58 Å². The Morgan fingerprint density at radius 3 is 2.85 bits per heavy atom. The van der Waals surface area contributed by atoms with Gasteiger partial charge in [0.05, 0.1) is 5.69 Å². The van der Waals surface area contributed by atoms with Crippen LogP contribution < -0.4 is 10.6 Å². The third-order valence-electron chi connectivity index (χ3n) is 4.81. The second-order valence-corrected chi connectivity index (χ2v) is 6.18. The first-order valence-corrected chi connectivity index (χ1v) is 7.92. The second-order valence-electron chi connectivity index (χ2n) is 6.18. The maximum absolute atomic E-state index is 5.79. The molecule has 3 rings (SSSR count). The highest BCUT2D eigenvalue weighted by molar-refractivity contribution is 5.50. The number of hydrogen-bond donors (Lipinski definition) is 1. The molecule has 1 aromatic rings. The molecule has 0 saturated carbocycles. The summed E-state index contributed by atoms with van der Waals surface area (Å²) in [6, 6.07) is 0.735. The Morgan fingerprint density at radius 2 is 2.05 bits per heavy atom. The smallest absolute Gasteiger partial charge is 0.130 e. The monoisotopic (exact) mass is 277 g/mol. The van der Waals surface area contributed by atoms with Gasteiger partial charge in [-0.1, -0.05) is 0 Å². The van der Waals surface area contributed by atoms with Crippen molar-refractivity contribution < 1.29 is 0 Å². The van der Waals surface area contributed by atoms with Gasteiger partial charge in [0, 0.05) is 38.3 Å². The van der Waals surface area contributed by atoms with Gasteiger partial charge < -0.3 is 10.6 Å². The van der Waals surface area contributed by atoms with Crippen molar-refractivity contribution in [1.82, 2.24) is 14.7 Å². The zero-order chi connectivity index (χ0) is 14.1. The van der Waals surface area contributed by atoms with Gasteiger partial charge >= 0.3 is 0 Å². The van der Waals surface area contributed by atoms with Crippen LogP contribution >= 0.6 is 0 Å². The van der Waals surface area contributed by atoms with E-state index in [9.17, 15) is 0 Å². The molecule has 1 atom stereocenters. The zero-order valence-corrected chi connectivity index (χ0v) is 12.8. The lowest BCUT2D eigenvalue weighted by molar-refractivity contribution is 0.273. The van der Waals surface area contributed by atoms with Crippen LogP contribution in [0, 0.1) is 6.92 Å². The van der Waals surface area contributed by atoms with Gasteiger partial charge in [0.25, 0.3) is 0 Å². The second kappa shape index (κ2) is 5.74. The summed E-state index contributed by atoms with van der Waals surface area (Å²) in [7, 11) is 2.07. The van der Waals surface area contributed by atoms with Crippen LogP contribution in [0.25, 0.3) is 0 Å². The van der Waals surface area contributed by atoms with Crippen LogP contribution in [0.5, 0.6) is 0 Å². The molecule has 1 unspecified atom stereocenters. The number of nitrogens with two attached hydrogens (primary N) is 1. The van der Waals surface area contributed by atoms with Crippen molar-refractivity contribution in [1.29, 1.82) is 0 Å². The minimum atomic E-state index is 0.697. The summed E-state index contributed by atoms with van der Waals surface area (Å²) in [5, 5.41) is 4.63. The van der Waals surface area contributed by atoms with E-state index in [1.54, 1.807) is 0 Å². The molecular weight excluding hydrogens is 250 g/mol. The molecule has 0 radical (unpaired) electrons. The van der Waals surface area contributed by atoms with Crippen molar-refractivity contribution in [3.05, 3.63) is 11.3 Å². The van der Waals surface area contributed by atoms with Gasteiger partial charge in [-0.05, 0) is 45.7 Å². The van der Waals surface area contributed by atoms with E-state index in [0.29, 0.717) is 6.54 Å². The number of aryl methyl sites for hydroxylation is 2. The minimum absolute atomic E-state index is 0.697. The summed E-state index contributed by atoms with van der Waals surface area (Å²) < 4.78 is 2.06. The van der Waals surface area contributed by atoms with Crippen LogP contribution in [-0.2, 0) is 13.5 Å². The number of aromatic nitrogens is 2. The van der Waals surface area contributed by atoms with Gasteiger partial charge in [0.15, 0.2) is 0 Å². The predicted octanol–water partition coefficient (Wildman–Crippen LogP) is 0.904. The van der Waals surface area contributed by atoms with Gasteiger partial charge in [0.1, 0.15) is 5.82 Å². The van der Waals surface area contributed by atoms with Gasteiger partial charge in [-0.25, -0.2) is 0 Å². The highest BCUT2D eigenvalue weighted by Crippen LogP contribution is 2.28. The van der Waals surface area contributed by atoms with Crippen molar-refractivity contribution >= 4 is 5.82 Å². The van der Waals surface area contributed by atoms with E-state index >= 15 is 0 Å². The SMILES string of the molecule is Cc1nn(C)c(N2CCCN3CCCC3C2)c1CCN. The normalized spacial score (nSPS) is 23.9. The molecule has 1 aromatic heterocycles. The maximum atomic E-state index is 5.79. The lowest BCUT2D eigenvalue weighted by Crippen LogP contribution is -2.37. The third kappa shape index (κ3) is 2.44. The molecular formula is C15H27N5. The molecule has 5 nitrogen and oxygen atoms in total. The van der Waals surface area contributed by atoms with Crippen molar-refractivity contribution in [2.75, 3.05) is 37.6 Å². The maximum Gasteiger partial charge on any atom is 0.130 e. The lowest BCUT2D eigenvalue weighted by Gasteiger charge is -2.28. The summed E-state index contributed by atoms with van der Waals surface area (Å²) >= 11 is 0. The van der Waals surface area contributed by atoms with Crippen LogP contribution in [0.2, 0.25) is 0 Å². The van der Waals surface area contributed by atoms with E-state index in [2.05, 4.69) is 33.6 Å². The quantitative estimate of drug-likeness (QED) is 0.892. The van der Waals surface area contributed by atoms with Gasteiger partial charge in [-0.2, -0.15) is 5.10 Å². The van der Waals surface area contributed by atoms with E-state index in [0.717, 1.165) is 31.2 Å². The summed E-state index contributed by atoms with van der Waals surface area (Å²) in [6.45, 7) is 7.64. The predicted molar refractivity (Wildman–Crippen MR) is 82.1 cm³/mol. The van der Waals surface area contributed by atoms with Crippen LogP contribution in [0.3, 0.4) is 0 Å². The largest absolute Gasteiger partial charge is 0.355 e. The molecule has 0 aromatic carbocycles. The summed E-state index contributed by atoms with van der Waals surface area (Å²) in [6.07, 6.45) is 4.89. The first-order chi connectivity index (χ1) is 9.70. The average Bonchev–Trinajstić information content (AvgIpc) is 2.89. The molecule has 112 valence electrons. The minimum Gasteiger partial charge on any atom is -0.355 e. The molecule has 2 saturated heterocycles. The Labute approximate surface area is 121 Å². The van der Waals surface area contributed by atoms with Crippen molar-refractivity contribution in [2.45, 2.75) is 38.6 Å². The Kier molecular flexibility index (Phi) is 3.98. The molecule has 2 N–H and O–H groups in total. The van der Waals surface area contributed by atoms with Crippen LogP contribution in [0.15, 0.2) is 0 Å². The molecule has 0 bridgehead atoms. The Bertz CT molecular complexity index is 467. The van der Waals surface area contributed by atoms with E-state index in [-0.39, 0.29) is 0 Å². The molecule has 0 amide bonds. The van der Waals surface area contributed by atoms with Gasteiger partial charge in [-0.15, -0.1) is 0 Å². The Balaban J connectivity index is 1.87. The number of fused-ring (bicyclic) bond motifs is 1. The van der Waals surface area contributed by atoms with Crippen LogP contribution in [0.4, 0.5) is 5.82 Å². The zero-order valence-electron chi connectivity index (χ0n) is 12.8. The molecule has 0 spiro atoms. The molecule has 2 aliphatic heterocycles. The fourth-order valence-corrected chi connectivity index (χ4v) is 3.92. The van der Waals surface area contributed by atoms with E-state index in [1.165, 1.54) is 43.7 Å². The number of hydrogen-bond acceptors (Lipinski definition) is 4. The molecule has 0 aliphatic carbocycles. The molecule has 5 heteroatoms. The fraction of sp³-hybridized carbons (Fsp3) is 0.800. The standard InChI is InChI=1S/C15H27N5/c1-12-14(6-7-16)15(18(2)17-12)20-10-4-9-19-8-3-5-13(19)11-20/h13H,3-11,16H2,1-2H3. The van der Waals surface area contributed by atoms with Crippen molar-refractivity contribution in [3.8, 4) is 0 Å². The fourth-order valence-electron chi connectivity index (χ4n) is 3.92. The number of nitrogens with zero attached hydrogens (tertiary/aromatic N) is 4. The summed E-state index contributed by atoms with van der Waals surface area (Å²) in [4.78, 5) is 5.23. The summed E-state index contributed by atoms with van der Waals surface area (Å²) in [5.41, 5.74) is 8.28. The Morgan fingerprint density at radius 1 is 1.25 bits per heavy atom. The molecule has 3 heterocycles. The first-order valence-electron chi connectivity index (χ1n) is 7.92. The van der Waals surface area contributed by atoms with Gasteiger partial charge in [0.2, 0.25) is 0 Å². The molecule has 2 aliphatic rings. The number of rotatable bonds is 3. The average molecular weight is 277 g/mol. The highest BCUT2D eigenvalue weighted by atomic mass is 15.4. The summed E-state index contributed by atoms with van der Waals surface area (Å²) in [5.74, 6) is 1.31. The topological polar surface area (TPSA) is 50.3 Å². The third-order valence-corrected chi connectivity index (χ3v) is 4.81. The molecule has 2 fully saturated rings. The van der Waals surface area contributed by atoms with E-state index in [1.807, 2.05) is 0 Å². The first kappa shape index (κ1) is 13.9. The Hall–Kier alpha value is -1.07. The van der Waals surface area contributed by atoms with E-state index in [4.69, 9.17) is 5.73 Å². The highest BCUT2D eigenvalue weighted by Gasteiger charge is 2.30. The van der Waals surface area contributed by atoms with Crippen molar-refractivity contribution in [2.24, 2.45) is 12.8 Å². The number of anilines is 1. The lowest BCUT2D eigenvalue weighted by atomic mass is 10.1. The van der Waals surface area contributed by atoms with Crippen molar-refractivity contribution in [3.63, 3.8) is 0 Å². The molecule has 20 heavy (non-hydrogen) atoms.